The second-order valence-corrected chi connectivity index (χ2v) is 7.18. The van der Waals surface area contributed by atoms with Gasteiger partial charge in [0.1, 0.15) is 5.82 Å². The van der Waals surface area contributed by atoms with Crippen molar-refractivity contribution in [1.29, 1.82) is 0 Å². The van der Waals surface area contributed by atoms with Gasteiger partial charge in [0.05, 0.1) is 25.0 Å². The molecule has 1 aromatic heterocycles. The monoisotopic (exact) mass is 358 g/mol. The Kier molecular flexibility index (Phi) is 4.78. The molecule has 6 heteroatoms. The summed E-state index contributed by atoms with van der Waals surface area (Å²) in [7, 11) is 0. The molecule has 26 heavy (non-hydrogen) atoms. The molecule has 1 atom stereocenters. The van der Waals surface area contributed by atoms with E-state index in [-0.39, 0.29) is 17.3 Å². The first-order chi connectivity index (χ1) is 12.6. The van der Waals surface area contributed by atoms with Gasteiger partial charge in [0.2, 0.25) is 0 Å². The van der Waals surface area contributed by atoms with E-state index in [0.29, 0.717) is 18.9 Å². The number of ether oxygens (including phenoxy) is 1. The van der Waals surface area contributed by atoms with E-state index in [1.165, 1.54) is 18.4 Å². The van der Waals surface area contributed by atoms with Crippen LogP contribution in [0, 0.1) is 5.82 Å². The number of piperidine rings is 1. The zero-order valence-electron chi connectivity index (χ0n) is 14.7. The first kappa shape index (κ1) is 17.2. The lowest BCUT2D eigenvalue weighted by atomic mass is 9.90. The maximum absolute atomic E-state index is 13.1. The maximum Gasteiger partial charge on any atom is 0.289 e. The molecule has 1 unspecified atom stereocenters. The highest BCUT2D eigenvalue weighted by molar-refractivity contribution is 5.91. The highest BCUT2D eigenvalue weighted by atomic mass is 19.1. The van der Waals surface area contributed by atoms with Crippen LogP contribution in [0.4, 0.5) is 4.39 Å². The fourth-order valence-electron chi connectivity index (χ4n) is 3.98. The quantitative estimate of drug-likeness (QED) is 0.846. The van der Waals surface area contributed by atoms with Crippen LogP contribution in [-0.4, -0.2) is 54.1 Å². The summed E-state index contributed by atoms with van der Waals surface area (Å²) in [5.74, 6) is 0.0842. The van der Waals surface area contributed by atoms with Crippen molar-refractivity contribution in [3.8, 4) is 0 Å². The molecule has 5 nitrogen and oxygen atoms in total. The van der Waals surface area contributed by atoms with E-state index >= 15 is 0 Å². The molecular formula is C20H23FN2O3. The van der Waals surface area contributed by atoms with Crippen molar-refractivity contribution in [3.63, 3.8) is 0 Å². The third-order valence-corrected chi connectivity index (χ3v) is 5.21. The van der Waals surface area contributed by atoms with Crippen molar-refractivity contribution in [2.75, 3.05) is 32.8 Å². The highest BCUT2D eigenvalue weighted by Gasteiger charge is 2.42. The lowest BCUT2D eigenvalue weighted by molar-refractivity contribution is -0.136. The van der Waals surface area contributed by atoms with Crippen LogP contribution in [0.5, 0.6) is 0 Å². The summed E-state index contributed by atoms with van der Waals surface area (Å²) in [5.41, 5.74) is 0.751. The number of carbonyl (C=O) groups is 1. The largest absolute Gasteiger partial charge is 0.459 e. The van der Waals surface area contributed by atoms with Gasteiger partial charge in [0.15, 0.2) is 5.76 Å². The Morgan fingerprint density at radius 2 is 2.00 bits per heavy atom. The molecule has 2 aromatic rings. The molecule has 0 saturated carbocycles. The molecule has 1 amide bonds. The van der Waals surface area contributed by atoms with Gasteiger partial charge in [-0.1, -0.05) is 12.1 Å². The number of nitrogens with zero attached hydrogens (tertiary/aromatic N) is 2. The number of rotatable bonds is 3. The molecule has 1 spiro atoms. The van der Waals surface area contributed by atoms with Crippen LogP contribution >= 0.6 is 0 Å². The average molecular weight is 358 g/mol. The molecular weight excluding hydrogens is 335 g/mol. The van der Waals surface area contributed by atoms with Gasteiger partial charge in [-0.25, -0.2) is 4.39 Å². The Bertz CT molecular complexity index is 743. The van der Waals surface area contributed by atoms with Gasteiger partial charge in [-0.3, -0.25) is 9.69 Å². The summed E-state index contributed by atoms with van der Waals surface area (Å²) in [4.78, 5) is 16.8. The summed E-state index contributed by atoms with van der Waals surface area (Å²) in [5, 5.41) is 0. The normalized spacial score (nSPS) is 24.1. The summed E-state index contributed by atoms with van der Waals surface area (Å²) < 4.78 is 24.5. The number of hydrogen-bond donors (Lipinski definition) is 0. The molecule has 0 aliphatic carbocycles. The molecule has 0 N–H and O–H groups in total. The molecule has 1 aromatic carbocycles. The first-order valence-electron chi connectivity index (χ1n) is 9.07. The number of likely N-dealkylation sites (tertiary alicyclic amines) is 1. The molecule has 3 heterocycles. The number of morpholine rings is 1. The van der Waals surface area contributed by atoms with Crippen LogP contribution < -0.4 is 0 Å². The minimum Gasteiger partial charge on any atom is -0.459 e. The topological polar surface area (TPSA) is 45.9 Å². The average Bonchev–Trinajstić information content (AvgIpc) is 3.18. The molecule has 0 bridgehead atoms. The van der Waals surface area contributed by atoms with Gasteiger partial charge in [-0.05, 0) is 42.7 Å². The summed E-state index contributed by atoms with van der Waals surface area (Å²) in [6.45, 7) is 4.31. The Balaban J connectivity index is 1.43. The first-order valence-corrected chi connectivity index (χ1v) is 9.07. The molecule has 2 fully saturated rings. The summed E-state index contributed by atoms with van der Waals surface area (Å²) in [6, 6.07) is 10.1. The van der Waals surface area contributed by atoms with Gasteiger partial charge in [-0.2, -0.15) is 0 Å². The predicted octanol–water partition coefficient (Wildman–Crippen LogP) is 2.93. The summed E-state index contributed by atoms with van der Waals surface area (Å²) >= 11 is 0. The van der Waals surface area contributed by atoms with Gasteiger partial charge in [0.25, 0.3) is 5.91 Å². The predicted molar refractivity (Wildman–Crippen MR) is 94.2 cm³/mol. The van der Waals surface area contributed by atoms with Crippen LogP contribution in [0.15, 0.2) is 47.1 Å². The number of benzene rings is 1. The number of halogens is 1. The van der Waals surface area contributed by atoms with Crippen molar-refractivity contribution < 1.29 is 18.3 Å². The maximum atomic E-state index is 13.1. The molecule has 2 saturated heterocycles. The van der Waals surface area contributed by atoms with E-state index < -0.39 is 0 Å². The second kappa shape index (κ2) is 7.21. The molecule has 0 radical (unpaired) electrons. The Hall–Kier alpha value is -2.18. The number of furan rings is 1. The van der Waals surface area contributed by atoms with Crippen molar-refractivity contribution in [2.24, 2.45) is 0 Å². The van der Waals surface area contributed by atoms with Crippen molar-refractivity contribution in [1.82, 2.24) is 9.80 Å². The van der Waals surface area contributed by atoms with Gasteiger partial charge in [0, 0.05) is 26.2 Å². The molecule has 138 valence electrons. The van der Waals surface area contributed by atoms with E-state index in [0.717, 1.165) is 44.6 Å². The number of amides is 1. The van der Waals surface area contributed by atoms with Crippen molar-refractivity contribution >= 4 is 5.91 Å². The van der Waals surface area contributed by atoms with Crippen LogP contribution in [0.1, 0.15) is 29.0 Å². The van der Waals surface area contributed by atoms with Crippen LogP contribution in [0.25, 0.3) is 0 Å². The number of carbonyl (C=O) groups excluding carboxylic acids is 1. The van der Waals surface area contributed by atoms with Crippen molar-refractivity contribution in [3.05, 3.63) is 59.8 Å². The number of hydrogen-bond acceptors (Lipinski definition) is 4. The minimum absolute atomic E-state index is 0.0756. The zero-order chi connectivity index (χ0) is 18.0. The third-order valence-electron chi connectivity index (χ3n) is 5.21. The highest BCUT2D eigenvalue weighted by Crippen LogP contribution is 2.30. The van der Waals surface area contributed by atoms with Crippen LogP contribution in [0.2, 0.25) is 0 Å². The van der Waals surface area contributed by atoms with Gasteiger partial charge in [-0.15, -0.1) is 0 Å². The van der Waals surface area contributed by atoms with Gasteiger partial charge >= 0.3 is 0 Å². The fraction of sp³-hybridized carbons (Fsp3) is 0.450. The third kappa shape index (κ3) is 3.66. The standard InChI is InChI=1S/C20H23FN2O3/c21-17-6-4-16(5-7-17)13-22-10-12-26-20(14-22)8-2-9-23(15-20)19(24)18-3-1-11-25-18/h1,3-7,11H,2,8-10,12-15H2. The van der Waals surface area contributed by atoms with E-state index in [9.17, 15) is 9.18 Å². The van der Waals surface area contributed by atoms with E-state index in [1.54, 1.807) is 12.1 Å². The van der Waals surface area contributed by atoms with Crippen LogP contribution in [-0.2, 0) is 11.3 Å². The van der Waals surface area contributed by atoms with E-state index in [4.69, 9.17) is 9.15 Å². The molecule has 4 rings (SSSR count). The minimum atomic E-state index is -0.335. The molecule has 2 aliphatic rings. The Morgan fingerprint density at radius 3 is 2.77 bits per heavy atom. The second-order valence-electron chi connectivity index (χ2n) is 7.18. The fourth-order valence-corrected chi connectivity index (χ4v) is 3.98. The molecule has 2 aliphatic heterocycles. The Labute approximate surface area is 152 Å². The Morgan fingerprint density at radius 1 is 1.15 bits per heavy atom. The zero-order valence-corrected chi connectivity index (χ0v) is 14.7. The smallest absolute Gasteiger partial charge is 0.289 e. The van der Waals surface area contributed by atoms with E-state index in [2.05, 4.69) is 4.90 Å². The van der Waals surface area contributed by atoms with Gasteiger partial charge < -0.3 is 14.1 Å². The summed E-state index contributed by atoms with van der Waals surface area (Å²) in [6.07, 6.45) is 3.38. The van der Waals surface area contributed by atoms with E-state index in [1.807, 2.05) is 17.0 Å². The SMILES string of the molecule is O=C(c1ccco1)N1CCCC2(CN(Cc3ccc(F)cc3)CCO2)C1. The van der Waals surface area contributed by atoms with Crippen molar-refractivity contribution in [2.45, 2.75) is 25.0 Å². The van der Waals surface area contributed by atoms with Crippen LogP contribution in [0.3, 0.4) is 0 Å². The lowest BCUT2D eigenvalue weighted by Crippen LogP contribution is -2.60. The lowest BCUT2D eigenvalue weighted by Gasteiger charge is -2.48.